The Balaban J connectivity index is 1.91. The van der Waals surface area contributed by atoms with Gasteiger partial charge in [-0.25, -0.2) is 0 Å². The topological polar surface area (TPSA) is 44.7 Å². The standard InChI is InChI=1S/C9H15N3OS/c1-12-6-3-7(8(12)13)14-9-10-4-2-5-11-9/h7H,2-6H2,1H3,(H,10,11). The molecule has 2 aliphatic rings. The number of amidine groups is 1. The molecule has 0 spiro atoms. The zero-order valence-corrected chi connectivity index (χ0v) is 9.14. The number of amides is 1. The van der Waals surface area contributed by atoms with Crippen molar-refractivity contribution in [3.8, 4) is 0 Å². The molecule has 5 heteroatoms. The quantitative estimate of drug-likeness (QED) is 0.681. The smallest absolute Gasteiger partial charge is 0.235 e. The second kappa shape index (κ2) is 4.21. The average molecular weight is 213 g/mol. The minimum atomic E-state index is 0.0874. The number of nitrogens with one attached hydrogen (secondary N) is 1. The molecule has 2 heterocycles. The lowest BCUT2D eigenvalue weighted by Gasteiger charge is -2.16. The van der Waals surface area contributed by atoms with Crippen molar-refractivity contribution in [2.45, 2.75) is 18.1 Å². The fraction of sp³-hybridized carbons (Fsp3) is 0.778. The van der Waals surface area contributed by atoms with Gasteiger partial charge in [0.1, 0.15) is 0 Å². The van der Waals surface area contributed by atoms with E-state index in [0.717, 1.165) is 37.6 Å². The van der Waals surface area contributed by atoms with E-state index in [4.69, 9.17) is 0 Å². The molecule has 2 rings (SSSR count). The third-order valence-electron chi connectivity index (χ3n) is 2.50. The van der Waals surface area contributed by atoms with Crippen LogP contribution >= 0.6 is 11.8 Å². The molecule has 0 aromatic heterocycles. The number of likely N-dealkylation sites (tertiary alicyclic amines) is 1. The maximum atomic E-state index is 11.6. The van der Waals surface area contributed by atoms with Gasteiger partial charge in [0.2, 0.25) is 5.91 Å². The van der Waals surface area contributed by atoms with E-state index >= 15 is 0 Å². The second-order valence-electron chi connectivity index (χ2n) is 3.62. The van der Waals surface area contributed by atoms with E-state index in [2.05, 4.69) is 10.3 Å². The van der Waals surface area contributed by atoms with Gasteiger partial charge in [0.05, 0.1) is 5.25 Å². The molecule has 1 fully saturated rings. The molecule has 1 saturated heterocycles. The van der Waals surface area contributed by atoms with Gasteiger partial charge in [-0.1, -0.05) is 11.8 Å². The van der Waals surface area contributed by atoms with E-state index in [1.807, 2.05) is 7.05 Å². The summed E-state index contributed by atoms with van der Waals surface area (Å²) in [4.78, 5) is 17.7. The maximum Gasteiger partial charge on any atom is 0.235 e. The van der Waals surface area contributed by atoms with Crippen molar-refractivity contribution in [3.63, 3.8) is 0 Å². The zero-order valence-electron chi connectivity index (χ0n) is 8.32. The van der Waals surface area contributed by atoms with Crippen LogP contribution in [0.4, 0.5) is 0 Å². The summed E-state index contributed by atoms with van der Waals surface area (Å²) in [5.74, 6) is 0.241. The monoisotopic (exact) mass is 213 g/mol. The van der Waals surface area contributed by atoms with Gasteiger partial charge in [0, 0.05) is 26.7 Å². The summed E-state index contributed by atoms with van der Waals surface area (Å²) in [6.45, 7) is 2.76. The molecule has 0 radical (unpaired) electrons. The van der Waals surface area contributed by atoms with Crippen LogP contribution in [-0.2, 0) is 4.79 Å². The number of nitrogens with zero attached hydrogens (tertiary/aromatic N) is 2. The van der Waals surface area contributed by atoms with Gasteiger partial charge in [-0.15, -0.1) is 0 Å². The predicted molar refractivity (Wildman–Crippen MR) is 58.6 cm³/mol. The predicted octanol–water partition coefficient (Wildman–Crippen LogP) is 0.300. The number of thioether (sulfide) groups is 1. The summed E-state index contributed by atoms with van der Waals surface area (Å²) in [6, 6.07) is 0. The van der Waals surface area contributed by atoms with Crippen LogP contribution in [0.2, 0.25) is 0 Å². The highest BCUT2D eigenvalue weighted by atomic mass is 32.2. The molecule has 0 aromatic rings. The van der Waals surface area contributed by atoms with Crippen molar-refractivity contribution < 1.29 is 4.79 Å². The van der Waals surface area contributed by atoms with Gasteiger partial charge in [-0.3, -0.25) is 9.79 Å². The van der Waals surface area contributed by atoms with E-state index in [1.54, 1.807) is 16.7 Å². The van der Waals surface area contributed by atoms with Gasteiger partial charge in [0.15, 0.2) is 5.17 Å². The van der Waals surface area contributed by atoms with E-state index in [9.17, 15) is 4.79 Å². The lowest BCUT2D eigenvalue weighted by Crippen LogP contribution is -2.31. The summed E-state index contributed by atoms with van der Waals surface area (Å²) < 4.78 is 0. The molecular weight excluding hydrogens is 198 g/mol. The molecule has 0 aromatic carbocycles. The maximum absolute atomic E-state index is 11.6. The van der Waals surface area contributed by atoms with Crippen LogP contribution in [0.15, 0.2) is 4.99 Å². The van der Waals surface area contributed by atoms with Crippen molar-refractivity contribution in [2.75, 3.05) is 26.7 Å². The number of hydrogen-bond acceptors (Lipinski definition) is 4. The lowest BCUT2D eigenvalue weighted by molar-refractivity contribution is -0.126. The highest BCUT2D eigenvalue weighted by Gasteiger charge is 2.30. The van der Waals surface area contributed by atoms with Crippen molar-refractivity contribution in [2.24, 2.45) is 4.99 Å². The van der Waals surface area contributed by atoms with Crippen LogP contribution in [0.3, 0.4) is 0 Å². The van der Waals surface area contributed by atoms with E-state index < -0.39 is 0 Å². The van der Waals surface area contributed by atoms with Gasteiger partial charge >= 0.3 is 0 Å². The molecule has 2 aliphatic heterocycles. The molecule has 1 unspecified atom stereocenters. The van der Waals surface area contributed by atoms with Crippen molar-refractivity contribution in [3.05, 3.63) is 0 Å². The fourth-order valence-electron chi connectivity index (χ4n) is 1.62. The van der Waals surface area contributed by atoms with Crippen LogP contribution in [0.1, 0.15) is 12.8 Å². The Morgan fingerprint density at radius 2 is 2.50 bits per heavy atom. The Kier molecular flexibility index (Phi) is 2.96. The van der Waals surface area contributed by atoms with Gasteiger partial charge < -0.3 is 10.2 Å². The Labute approximate surface area is 88.1 Å². The number of carbonyl (C=O) groups excluding carboxylic acids is 1. The Morgan fingerprint density at radius 3 is 3.07 bits per heavy atom. The Bertz CT molecular complexity index is 267. The van der Waals surface area contributed by atoms with Crippen LogP contribution in [0.5, 0.6) is 0 Å². The minimum absolute atomic E-state index is 0.0874. The van der Waals surface area contributed by atoms with Crippen molar-refractivity contribution >= 4 is 22.8 Å². The van der Waals surface area contributed by atoms with Gasteiger partial charge in [-0.05, 0) is 12.8 Å². The Morgan fingerprint density at radius 1 is 1.64 bits per heavy atom. The normalized spacial score (nSPS) is 27.5. The number of hydrogen-bond donors (Lipinski definition) is 1. The molecule has 1 N–H and O–H groups in total. The van der Waals surface area contributed by atoms with Crippen molar-refractivity contribution in [1.29, 1.82) is 0 Å². The SMILES string of the molecule is CN1CCC(SC2=NCCCN2)C1=O. The number of aliphatic imine (C=N–C) groups is 1. The summed E-state index contributed by atoms with van der Waals surface area (Å²) in [7, 11) is 1.86. The van der Waals surface area contributed by atoms with Crippen LogP contribution in [0.25, 0.3) is 0 Å². The third-order valence-corrected chi connectivity index (χ3v) is 3.72. The first-order valence-electron chi connectivity index (χ1n) is 4.97. The van der Waals surface area contributed by atoms with Crippen molar-refractivity contribution in [1.82, 2.24) is 10.2 Å². The van der Waals surface area contributed by atoms with Crippen LogP contribution in [0, 0.1) is 0 Å². The van der Waals surface area contributed by atoms with E-state index in [0.29, 0.717) is 0 Å². The molecule has 1 amide bonds. The first-order chi connectivity index (χ1) is 6.77. The molecule has 1 atom stereocenters. The molecule has 0 aliphatic carbocycles. The zero-order chi connectivity index (χ0) is 9.97. The summed E-state index contributed by atoms with van der Waals surface area (Å²) in [5.41, 5.74) is 0. The first-order valence-corrected chi connectivity index (χ1v) is 5.85. The molecule has 78 valence electrons. The fourth-order valence-corrected chi connectivity index (χ4v) is 2.75. The largest absolute Gasteiger partial charge is 0.365 e. The summed E-state index contributed by atoms with van der Waals surface area (Å²) in [5, 5.41) is 4.26. The first kappa shape index (κ1) is 9.83. The second-order valence-corrected chi connectivity index (χ2v) is 4.81. The molecule has 0 bridgehead atoms. The number of rotatable bonds is 1. The summed E-state index contributed by atoms with van der Waals surface area (Å²) >= 11 is 1.59. The van der Waals surface area contributed by atoms with E-state index in [1.165, 1.54) is 0 Å². The molecule has 4 nitrogen and oxygen atoms in total. The highest BCUT2D eigenvalue weighted by Crippen LogP contribution is 2.24. The summed E-state index contributed by atoms with van der Waals surface area (Å²) in [6.07, 6.45) is 2.04. The average Bonchev–Trinajstić information content (AvgIpc) is 2.52. The minimum Gasteiger partial charge on any atom is -0.365 e. The Hall–Kier alpha value is -0.710. The molecular formula is C9H15N3OS. The molecule has 0 saturated carbocycles. The van der Waals surface area contributed by atoms with Crippen LogP contribution in [-0.4, -0.2) is 47.9 Å². The van der Waals surface area contributed by atoms with Gasteiger partial charge in [-0.2, -0.15) is 0 Å². The number of carbonyl (C=O) groups is 1. The molecule has 14 heavy (non-hydrogen) atoms. The van der Waals surface area contributed by atoms with E-state index in [-0.39, 0.29) is 11.2 Å². The van der Waals surface area contributed by atoms with Crippen LogP contribution < -0.4 is 5.32 Å². The highest BCUT2D eigenvalue weighted by molar-refractivity contribution is 8.14. The van der Waals surface area contributed by atoms with Gasteiger partial charge in [0.25, 0.3) is 0 Å². The third kappa shape index (κ3) is 2.03. The lowest BCUT2D eigenvalue weighted by atomic mass is 10.4.